The summed E-state index contributed by atoms with van der Waals surface area (Å²) in [6.07, 6.45) is 9.17. The summed E-state index contributed by atoms with van der Waals surface area (Å²) in [4.78, 5) is 12.2. The second kappa shape index (κ2) is 13.7. The van der Waals surface area contributed by atoms with Crippen LogP contribution in [0, 0.1) is 0 Å². The third-order valence-corrected chi connectivity index (χ3v) is 6.70. The first-order chi connectivity index (χ1) is 16.7. The molecule has 4 rings (SSSR count). The highest BCUT2D eigenvalue weighted by molar-refractivity contribution is 7.96. The van der Waals surface area contributed by atoms with Crippen molar-refractivity contribution in [3.8, 4) is 16.9 Å². The first-order valence-corrected chi connectivity index (χ1v) is 12.8. The monoisotopic (exact) mass is 481 g/mol. The van der Waals surface area contributed by atoms with Gasteiger partial charge >= 0.3 is 0 Å². The Kier molecular flexibility index (Phi) is 10.3. The molecule has 2 N–H and O–H groups in total. The van der Waals surface area contributed by atoms with Crippen molar-refractivity contribution in [3.05, 3.63) is 66.5 Å². The SMILES string of the molecule is CCN(C=O)Cc1ccccc1.CNc1ccc(-c2cn[nH]c2)cc1OC1CCN(SC)CC1. The van der Waals surface area contributed by atoms with Crippen LogP contribution in [0.15, 0.2) is 60.9 Å². The van der Waals surface area contributed by atoms with E-state index in [1.165, 1.54) is 5.56 Å². The molecule has 182 valence electrons. The Balaban J connectivity index is 0.000000229. The van der Waals surface area contributed by atoms with Crippen molar-refractivity contribution >= 4 is 24.0 Å². The Bertz CT molecular complexity index is 976. The highest BCUT2D eigenvalue weighted by Crippen LogP contribution is 2.32. The molecule has 1 amide bonds. The average Bonchev–Trinajstić information content (AvgIpc) is 3.44. The van der Waals surface area contributed by atoms with Gasteiger partial charge in [0.1, 0.15) is 11.9 Å². The summed E-state index contributed by atoms with van der Waals surface area (Å²) in [5, 5.41) is 10.1. The van der Waals surface area contributed by atoms with Gasteiger partial charge in [-0.1, -0.05) is 48.3 Å². The molecule has 0 unspecified atom stereocenters. The van der Waals surface area contributed by atoms with E-state index in [1.807, 2.05) is 68.6 Å². The van der Waals surface area contributed by atoms with Crippen molar-refractivity contribution in [1.29, 1.82) is 0 Å². The van der Waals surface area contributed by atoms with Crippen LogP contribution in [0.4, 0.5) is 5.69 Å². The largest absolute Gasteiger partial charge is 0.488 e. The Hall–Kier alpha value is -2.97. The number of rotatable bonds is 9. The van der Waals surface area contributed by atoms with Gasteiger partial charge < -0.3 is 15.0 Å². The Morgan fingerprint density at radius 3 is 2.56 bits per heavy atom. The van der Waals surface area contributed by atoms with Gasteiger partial charge in [-0.05, 0) is 49.3 Å². The number of H-pyrrole nitrogens is 1. The Morgan fingerprint density at radius 1 is 1.21 bits per heavy atom. The van der Waals surface area contributed by atoms with Crippen LogP contribution in [-0.4, -0.2) is 64.9 Å². The van der Waals surface area contributed by atoms with E-state index in [9.17, 15) is 4.79 Å². The Morgan fingerprint density at radius 2 is 1.97 bits per heavy atom. The van der Waals surface area contributed by atoms with Crippen LogP contribution in [0.1, 0.15) is 25.3 Å². The number of anilines is 1. The van der Waals surface area contributed by atoms with Gasteiger partial charge in [-0.3, -0.25) is 14.2 Å². The number of amides is 1. The van der Waals surface area contributed by atoms with Gasteiger partial charge in [0.25, 0.3) is 0 Å². The minimum absolute atomic E-state index is 0.287. The second-order valence-electron chi connectivity index (χ2n) is 8.03. The van der Waals surface area contributed by atoms with E-state index in [1.54, 1.807) is 4.90 Å². The van der Waals surface area contributed by atoms with Gasteiger partial charge in [0, 0.05) is 45.0 Å². The number of aromatic nitrogens is 2. The van der Waals surface area contributed by atoms with Crippen LogP contribution in [-0.2, 0) is 11.3 Å². The highest BCUT2D eigenvalue weighted by Gasteiger charge is 2.21. The molecule has 7 nitrogen and oxygen atoms in total. The average molecular weight is 482 g/mol. The summed E-state index contributed by atoms with van der Waals surface area (Å²) in [5.41, 5.74) is 4.39. The van der Waals surface area contributed by atoms with Crippen molar-refractivity contribution in [2.45, 2.75) is 32.4 Å². The molecule has 1 saturated heterocycles. The number of carbonyl (C=O) groups excluding carboxylic acids is 1. The van der Waals surface area contributed by atoms with Crippen molar-refractivity contribution < 1.29 is 9.53 Å². The molecule has 0 bridgehead atoms. The fourth-order valence-corrected chi connectivity index (χ4v) is 4.34. The number of hydrogen-bond donors (Lipinski definition) is 2. The van der Waals surface area contributed by atoms with Gasteiger partial charge in [0.05, 0.1) is 11.9 Å². The molecule has 8 heteroatoms. The van der Waals surface area contributed by atoms with Crippen molar-refractivity contribution in [2.75, 3.05) is 38.3 Å². The zero-order valence-corrected chi connectivity index (χ0v) is 21.1. The molecule has 2 heterocycles. The van der Waals surface area contributed by atoms with Gasteiger partial charge in [-0.15, -0.1) is 0 Å². The maximum atomic E-state index is 10.5. The molecule has 0 saturated carbocycles. The molecule has 34 heavy (non-hydrogen) atoms. The summed E-state index contributed by atoms with van der Waals surface area (Å²) in [7, 11) is 1.93. The lowest BCUT2D eigenvalue weighted by Crippen LogP contribution is -2.34. The zero-order chi connectivity index (χ0) is 24.2. The van der Waals surface area contributed by atoms with E-state index in [-0.39, 0.29) is 6.10 Å². The lowest BCUT2D eigenvalue weighted by atomic mass is 10.1. The predicted octanol–water partition coefficient (Wildman–Crippen LogP) is 4.90. The number of hydrogen-bond acceptors (Lipinski definition) is 6. The van der Waals surface area contributed by atoms with Crippen LogP contribution in [0.25, 0.3) is 11.1 Å². The molecule has 1 fully saturated rings. The molecule has 1 aromatic heterocycles. The number of ether oxygens (including phenoxy) is 1. The van der Waals surface area contributed by atoms with Crippen molar-refractivity contribution in [1.82, 2.24) is 19.4 Å². The van der Waals surface area contributed by atoms with Crippen LogP contribution in [0.2, 0.25) is 0 Å². The maximum Gasteiger partial charge on any atom is 0.209 e. The molecule has 0 radical (unpaired) electrons. The van der Waals surface area contributed by atoms with Gasteiger partial charge in [0.15, 0.2) is 0 Å². The molecule has 1 aliphatic rings. The first kappa shape index (κ1) is 25.6. The van der Waals surface area contributed by atoms with Crippen LogP contribution in [0.3, 0.4) is 0 Å². The fourth-order valence-electron chi connectivity index (χ4n) is 3.77. The summed E-state index contributed by atoms with van der Waals surface area (Å²) in [5.74, 6) is 0.920. The smallest absolute Gasteiger partial charge is 0.209 e. The summed E-state index contributed by atoms with van der Waals surface area (Å²) >= 11 is 1.82. The van der Waals surface area contributed by atoms with Crippen LogP contribution >= 0.6 is 11.9 Å². The predicted molar refractivity (Wildman–Crippen MR) is 141 cm³/mol. The van der Waals surface area contributed by atoms with E-state index < -0.39 is 0 Å². The van der Waals surface area contributed by atoms with E-state index in [0.29, 0.717) is 6.54 Å². The minimum atomic E-state index is 0.287. The van der Waals surface area contributed by atoms with E-state index in [0.717, 1.165) is 61.4 Å². The van der Waals surface area contributed by atoms with Gasteiger partial charge in [-0.25, -0.2) is 0 Å². The highest BCUT2D eigenvalue weighted by atomic mass is 32.2. The normalized spacial score (nSPS) is 14.1. The lowest BCUT2D eigenvalue weighted by molar-refractivity contribution is -0.118. The molecule has 1 aliphatic heterocycles. The number of carbonyl (C=O) groups is 1. The fraction of sp³-hybridized carbons (Fsp3) is 0.385. The third-order valence-electron chi connectivity index (χ3n) is 5.82. The quantitative estimate of drug-likeness (QED) is 0.334. The zero-order valence-electron chi connectivity index (χ0n) is 20.2. The standard InChI is InChI=1S/C16H22N4OS.C10H13NO/c1-17-15-4-3-12(13-10-18-19-11-13)9-16(15)21-14-5-7-20(22-2)8-6-14;1-2-11(9-12)8-10-6-4-3-5-7-10/h3-4,9-11,14,17H,5-8H2,1-2H3,(H,18,19);3-7,9H,2,8H2,1H3. The van der Waals surface area contributed by atoms with E-state index >= 15 is 0 Å². The molecular formula is C26H35N5O2S. The van der Waals surface area contributed by atoms with Gasteiger partial charge in [-0.2, -0.15) is 5.10 Å². The van der Waals surface area contributed by atoms with Gasteiger partial charge in [0.2, 0.25) is 6.41 Å². The number of benzene rings is 2. The molecular weight excluding hydrogens is 446 g/mol. The summed E-state index contributed by atoms with van der Waals surface area (Å²) < 4.78 is 8.67. The summed E-state index contributed by atoms with van der Waals surface area (Å²) in [6.45, 7) is 5.61. The Labute approximate surface area is 207 Å². The maximum absolute atomic E-state index is 10.5. The number of nitrogens with one attached hydrogen (secondary N) is 2. The topological polar surface area (TPSA) is 73.5 Å². The van der Waals surface area contributed by atoms with E-state index in [4.69, 9.17) is 4.74 Å². The van der Waals surface area contributed by atoms with Crippen molar-refractivity contribution in [3.63, 3.8) is 0 Å². The molecule has 2 aromatic carbocycles. The number of piperidine rings is 1. The third kappa shape index (κ3) is 7.53. The number of aromatic amines is 1. The lowest BCUT2D eigenvalue weighted by Gasteiger charge is -2.30. The molecule has 0 atom stereocenters. The molecule has 0 aliphatic carbocycles. The summed E-state index contributed by atoms with van der Waals surface area (Å²) in [6, 6.07) is 16.2. The first-order valence-electron chi connectivity index (χ1n) is 11.7. The second-order valence-corrected chi connectivity index (χ2v) is 8.91. The molecule has 0 spiro atoms. The number of nitrogens with zero attached hydrogens (tertiary/aromatic N) is 3. The van der Waals surface area contributed by atoms with Crippen molar-refractivity contribution in [2.24, 2.45) is 0 Å². The van der Waals surface area contributed by atoms with Crippen LogP contribution < -0.4 is 10.1 Å². The minimum Gasteiger partial charge on any atom is -0.488 e. The van der Waals surface area contributed by atoms with Crippen LogP contribution in [0.5, 0.6) is 5.75 Å². The van der Waals surface area contributed by atoms with E-state index in [2.05, 4.69) is 44.3 Å². The molecule has 3 aromatic rings.